The predicted octanol–water partition coefficient (Wildman–Crippen LogP) is 3.29. The van der Waals surface area contributed by atoms with Gasteiger partial charge in [-0.25, -0.2) is 4.39 Å². The zero-order valence-electron chi connectivity index (χ0n) is 9.95. The first-order valence-corrected chi connectivity index (χ1v) is 5.05. The van der Waals surface area contributed by atoms with Crippen molar-refractivity contribution >= 4 is 0 Å². The van der Waals surface area contributed by atoms with Gasteiger partial charge in [-0.2, -0.15) is 22.0 Å². The molecule has 0 amide bonds. The van der Waals surface area contributed by atoms with Gasteiger partial charge in [0.25, 0.3) is 0 Å². The SMILES string of the molecule is Cc1cc(C(F)(F)C(N)(F)C(F)(F)F)cc(C)c1O. The van der Waals surface area contributed by atoms with E-state index in [1.165, 1.54) is 13.8 Å². The molecule has 1 atom stereocenters. The monoisotopic (exact) mass is 287 g/mol. The van der Waals surface area contributed by atoms with Gasteiger partial charge in [0.15, 0.2) is 0 Å². The Balaban J connectivity index is 3.44. The first-order valence-electron chi connectivity index (χ1n) is 5.05. The van der Waals surface area contributed by atoms with Crippen molar-refractivity contribution in [3.63, 3.8) is 0 Å². The second-order valence-electron chi connectivity index (χ2n) is 4.24. The summed E-state index contributed by atoms with van der Waals surface area (Å²) in [6.07, 6.45) is -5.93. The van der Waals surface area contributed by atoms with Crippen molar-refractivity contribution in [2.75, 3.05) is 0 Å². The van der Waals surface area contributed by atoms with Gasteiger partial charge in [-0.05, 0) is 37.1 Å². The van der Waals surface area contributed by atoms with E-state index >= 15 is 0 Å². The fourth-order valence-corrected chi connectivity index (χ4v) is 1.53. The van der Waals surface area contributed by atoms with E-state index in [0.29, 0.717) is 12.1 Å². The van der Waals surface area contributed by atoms with E-state index in [0.717, 1.165) is 0 Å². The predicted molar refractivity (Wildman–Crippen MR) is 55.6 cm³/mol. The fourth-order valence-electron chi connectivity index (χ4n) is 1.53. The van der Waals surface area contributed by atoms with Crippen molar-refractivity contribution in [2.45, 2.75) is 31.7 Å². The first kappa shape index (κ1) is 15.6. The van der Waals surface area contributed by atoms with Crippen LogP contribution in [0, 0.1) is 13.8 Å². The molecule has 0 radical (unpaired) electrons. The van der Waals surface area contributed by atoms with E-state index in [-0.39, 0.29) is 16.9 Å². The van der Waals surface area contributed by atoms with E-state index in [1.807, 2.05) is 0 Å². The number of aryl methyl sites for hydroxylation is 2. The summed E-state index contributed by atoms with van der Waals surface area (Å²) in [5.74, 6) is -10.5. The van der Waals surface area contributed by atoms with Crippen LogP contribution in [0.1, 0.15) is 16.7 Å². The number of halogens is 6. The third kappa shape index (κ3) is 2.36. The Hall–Kier alpha value is -1.44. The number of rotatable bonds is 2. The van der Waals surface area contributed by atoms with Gasteiger partial charge in [-0.1, -0.05) is 0 Å². The normalized spacial score (nSPS) is 16.3. The zero-order chi connectivity index (χ0) is 15.2. The number of hydrogen-bond acceptors (Lipinski definition) is 2. The molecule has 3 N–H and O–H groups in total. The third-order valence-corrected chi connectivity index (χ3v) is 2.72. The van der Waals surface area contributed by atoms with Crippen molar-refractivity contribution in [3.8, 4) is 5.75 Å². The number of phenols is 1. The van der Waals surface area contributed by atoms with Crippen LogP contribution in [0.3, 0.4) is 0 Å². The van der Waals surface area contributed by atoms with Crippen LogP contribution >= 0.6 is 0 Å². The highest BCUT2D eigenvalue weighted by molar-refractivity contribution is 5.44. The van der Waals surface area contributed by atoms with Crippen LogP contribution in [0.2, 0.25) is 0 Å². The van der Waals surface area contributed by atoms with Gasteiger partial charge < -0.3 is 5.11 Å². The molecular formula is C11H11F6NO. The summed E-state index contributed by atoms with van der Waals surface area (Å²) in [6.45, 7) is 2.40. The van der Waals surface area contributed by atoms with Gasteiger partial charge in [0.05, 0.1) is 0 Å². The van der Waals surface area contributed by atoms with Gasteiger partial charge in [0.1, 0.15) is 5.75 Å². The lowest BCUT2D eigenvalue weighted by Crippen LogP contribution is -2.60. The van der Waals surface area contributed by atoms with Gasteiger partial charge in [0.2, 0.25) is 0 Å². The Labute approximate surface area is 104 Å². The Morgan fingerprint density at radius 3 is 1.63 bits per heavy atom. The number of benzene rings is 1. The van der Waals surface area contributed by atoms with Crippen molar-refractivity contribution in [2.24, 2.45) is 5.73 Å². The van der Waals surface area contributed by atoms with E-state index in [1.54, 1.807) is 0 Å². The molecule has 8 heteroatoms. The first-order chi connectivity index (χ1) is 8.32. The molecule has 0 aliphatic heterocycles. The van der Waals surface area contributed by atoms with Gasteiger partial charge >= 0.3 is 17.9 Å². The molecule has 2 nitrogen and oxygen atoms in total. The molecule has 108 valence electrons. The highest BCUT2D eigenvalue weighted by Crippen LogP contribution is 2.48. The minimum Gasteiger partial charge on any atom is -0.507 e. The topological polar surface area (TPSA) is 46.2 Å². The lowest BCUT2D eigenvalue weighted by Gasteiger charge is -2.32. The van der Waals surface area contributed by atoms with Crippen LogP contribution in [0.25, 0.3) is 0 Å². The number of aromatic hydroxyl groups is 1. The maximum Gasteiger partial charge on any atom is 0.442 e. The van der Waals surface area contributed by atoms with Crippen LogP contribution in [0.4, 0.5) is 26.3 Å². The van der Waals surface area contributed by atoms with E-state index in [9.17, 15) is 31.4 Å². The quantitative estimate of drug-likeness (QED) is 0.647. The minimum absolute atomic E-state index is 0.104. The Morgan fingerprint density at radius 1 is 0.947 bits per heavy atom. The number of alkyl halides is 6. The van der Waals surface area contributed by atoms with Crippen LogP contribution in [0.5, 0.6) is 5.75 Å². The summed E-state index contributed by atoms with van der Waals surface area (Å²) in [5.41, 5.74) is 2.68. The number of nitrogens with two attached hydrogens (primary N) is 1. The Morgan fingerprint density at radius 2 is 1.32 bits per heavy atom. The molecule has 1 aromatic carbocycles. The summed E-state index contributed by atoms with van der Waals surface area (Å²) >= 11 is 0. The van der Waals surface area contributed by atoms with Crippen molar-refractivity contribution in [3.05, 3.63) is 28.8 Å². The van der Waals surface area contributed by atoms with Crippen molar-refractivity contribution in [1.82, 2.24) is 0 Å². The molecule has 19 heavy (non-hydrogen) atoms. The molecule has 0 saturated heterocycles. The highest BCUT2D eigenvalue weighted by atomic mass is 19.4. The lowest BCUT2D eigenvalue weighted by molar-refractivity contribution is -0.305. The smallest absolute Gasteiger partial charge is 0.442 e. The highest BCUT2D eigenvalue weighted by Gasteiger charge is 2.69. The van der Waals surface area contributed by atoms with Crippen LogP contribution in [0.15, 0.2) is 12.1 Å². The average Bonchev–Trinajstić information content (AvgIpc) is 2.23. The molecule has 0 aliphatic rings. The van der Waals surface area contributed by atoms with Crippen LogP contribution < -0.4 is 5.73 Å². The molecule has 0 fully saturated rings. The summed E-state index contributed by atoms with van der Waals surface area (Å²) < 4.78 is 77.3. The molecule has 0 aliphatic carbocycles. The average molecular weight is 287 g/mol. The molecule has 1 rings (SSSR count). The second kappa shape index (κ2) is 4.29. The molecule has 0 bridgehead atoms. The third-order valence-electron chi connectivity index (χ3n) is 2.72. The summed E-state index contributed by atoms with van der Waals surface area (Å²) in [4.78, 5) is 0. The Bertz CT molecular complexity index is 471. The van der Waals surface area contributed by atoms with Crippen LogP contribution in [-0.2, 0) is 5.92 Å². The van der Waals surface area contributed by atoms with E-state index in [4.69, 9.17) is 0 Å². The van der Waals surface area contributed by atoms with Gasteiger partial charge in [-0.15, -0.1) is 0 Å². The molecule has 0 saturated carbocycles. The lowest BCUT2D eigenvalue weighted by atomic mass is 9.95. The summed E-state index contributed by atoms with van der Waals surface area (Å²) in [6, 6.07) is 1.13. The maximum absolute atomic E-state index is 13.6. The van der Waals surface area contributed by atoms with Gasteiger partial charge in [0, 0.05) is 5.56 Å². The molecule has 0 aromatic heterocycles. The summed E-state index contributed by atoms with van der Waals surface area (Å²) in [5, 5.41) is 9.37. The maximum atomic E-state index is 13.6. The van der Waals surface area contributed by atoms with Crippen molar-refractivity contribution in [1.29, 1.82) is 0 Å². The molecule has 1 unspecified atom stereocenters. The molecule has 0 spiro atoms. The van der Waals surface area contributed by atoms with E-state index < -0.39 is 23.5 Å². The van der Waals surface area contributed by atoms with E-state index in [2.05, 4.69) is 5.73 Å². The van der Waals surface area contributed by atoms with Gasteiger partial charge in [-0.3, -0.25) is 5.73 Å². The largest absolute Gasteiger partial charge is 0.507 e. The summed E-state index contributed by atoms with van der Waals surface area (Å²) in [7, 11) is 0. The molecular weight excluding hydrogens is 276 g/mol. The van der Waals surface area contributed by atoms with Crippen LogP contribution in [-0.4, -0.2) is 17.1 Å². The number of hydrogen-bond donors (Lipinski definition) is 2. The zero-order valence-corrected chi connectivity index (χ0v) is 9.95. The number of phenolic OH excluding ortho intramolecular Hbond substituents is 1. The van der Waals surface area contributed by atoms with Crippen molar-refractivity contribution < 1.29 is 31.4 Å². The minimum atomic E-state index is -5.93. The standard InChI is InChI=1S/C11H11F6NO/c1-5-3-7(4-6(2)8(5)19)9(12,13)10(14,18)11(15,16)17/h3-4,19H,18H2,1-2H3. The molecule has 0 heterocycles. The fraction of sp³-hybridized carbons (Fsp3) is 0.455. The Kier molecular flexibility index (Phi) is 3.53. The second-order valence-corrected chi connectivity index (χ2v) is 4.24. The molecule has 1 aromatic rings.